The van der Waals surface area contributed by atoms with E-state index in [0.29, 0.717) is 30.8 Å². The van der Waals surface area contributed by atoms with E-state index in [1.165, 1.54) is 12.3 Å². The maximum Gasteiger partial charge on any atom is 0.355 e. The number of aromatic carboxylic acids is 1. The standard InChI is InChI=1S/C31H48N4O6S/c1-8-10-11-13-17-35(30(38)27(21(5)9-2)33-28(37)24-15-12-14-16-34(24)7)25(20(3)4)18-26(41-22(6)36)29-32-23(19-42-29)31(39)40/h1,19-21,24-27H,9-18H2,2-7H3,(H,33,37)(H,39,40)/t21-,24?,25+,26+,27-/m0/s1. The summed E-state index contributed by atoms with van der Waals surface area (Å²) in [6.45, 7) is 10.5. The number of thiazole rings is 1. The Morgan fingerprint density at radius 2 is 1.98 bits per heavy atom. The lowest BCUT2D eigenvalue weighted by atomic mass is 9.91. The van der Waals surface area contributed by atoms with E-state index in [1.807, 2.05) is 39.6 Å². The van der Waals surface area contributed by atoms with Gasteiger partial charge in [-0.15, -0.1) is 23.7 Å². The van der Waals surface area contributed by atoms with Crippen LogP contribution in [-0.4, -0.2) is 81.9 Å². The highest BCUT2D eigenvalue weighted by molar-refractivity contribution is 7.09. The highest BCUT2D eigenvalue weighted by Crippen LogP contribution is 2.32. The van der Waals surface area contributed by atoms with Crippen LogP contribution >= 0.6 is 11.3 Å². The smallest absolute Gasteiger partial charge is 0.355 e. The molecule has 1 aliphatic rings. The first-order chi connectivity index (χ1) is 19.9. The Morgan fingerprint density at radius 3 is 2.52 bits per heavy atom. The summed E-state index contributed by atoms with van der Waals surface area (Å²) in [6, 6.07) is -1.38. The average Bonchev–Trinajstić information content (AvgIpc) is 3.44. The molecule has 2 amide bonds. The molecule has 1 unspecified atom stereocenters. The average molecular weight is 605 g/mol. The van der Waals surface area contributed by atoms with E-state index in [-0.39, 0.29) is 47.8 Å². The van der Waals surface area contributed by atoms with Gasteiger partial charge < -0.3 is 20.1 Å². The zero-order valence-electron chi connectivity index (χ0n) is 25.9. The summed E-state index contributed by atoms with van der Waals surface area (Å²) >= 11 is 1.11. The highest BCUT2D eigenvalue weighted by Gasteiger charge is 2.38. The Kier molecular flexibility index (Phi) is 14.4. The molecule has 0 spiro atoms. The quantitative estimate of drug-likeness (QED) is 0.160. The van der Waals surface area contributed by atoms with Gasteiger partial charge in [0.05, 0.1) is 6.04 Å². The molecule has 2 rings (SSSR count). The lowest BCUT2D eigenvalue weighted by Gasteiger charge is -2.40. The Morgan fingerprint density at radius 1 is 1.26 bits per heavy atom. The summed E-state index contributed by atoms with van der Waals surface area (Å²) in [5.41, 5.74) is -0.123. The minimum atomic E-state index is -1.17. The summed E-state index contributed by atoms with van der Waals surface area (Å²) < 4.78 is 5.64. The molecule has 11 heteroatoms. The number of ether oxygens (including phenoxy) is 1. The van der Waals surface area contributed by atoms with Crippen molar-refractivity contribution in [1.82, 2.24) is 20.1 Å². The predicted octanol–water partition coefficient (Wildman–Crippen LogP) is 4.51. The fraction of sp³-hybridized carbons (Fsp3) is 0.710. The van der Waals surface area contributed by atoms with E-state index in [0.717, 1.165) is 43.6 Å². The fourth-order valence-corrected chi connectivity index (χ4v) is 6.21. The van der Waals surface area contributed by atoms with E-state index in [1.54, 1.807) is 0 Å². The van der Waals surface area contributed by atoms with Crippen molar-refractivity contribution in [3.8, 4) is 12.3 Å². The number of likely N-dealkylation sites (N-methyl/N-ethyl adjacent to an activating group) is 1. The van der Waals surface area contributed by atoms with Gasteiger partial charge in [-0.3, -0.25) is 19.3 Å². The number of likely N-dealkylation sites (tertiary alicyclic amines) is 1. The summed E-state index contributed by atoms with van der Waals surface area (Å²) in [7, 11) is 1.94. The molecule has 234 valence electrons. The molecule has 0 radical (unpaired) electrons. The van der Waals surface area contributed by atoms with Crippen LogP contribution in [0.15, 0.2) is 5.38 Å². The number of unbranched alkanes of at least 4 members (excludes halogenated alkanes) is 2. The van der Waals surface area contributed by atoms with Gasteiger partial charge in [-0.2, -0.15) is 0 Å². The monoisotopic (exact) mass is 604 g/mol. The summed E-state index contributed by atoms with van der Waals surface area (Å²) in [5, 5.41) is 14.3. The fourth-order valence-electron chi connectivity index (χ4n) is 5.38. The van der Waals surface area contributed by atoms with Gasteiger partial charge in [0.2, 0.25) is 11.8 Å². The molecular formula is C31H48N4O6S. The molecule has 1 saturated heterocycles. The summed E-state index contributed by atoms with van der Waals surface area (Å²) in [6.07, 6.45) is 10.3. The van der Waals surface area contributed by atoms with Crippen LogP contribution in [0.5, 0.6) is 0 Å². The van der Waals surface area contributed by atoms with Gasteiger partial charge in [0.15, 0.2) is 11.8 Å². The number of rotatable bonds is 16. The first-order valence-electron chi connectivity index (χ1n) is 15.0. The largest absolute Gasteiger partial charge is 0.476 e. The highest BCUT2D eigenvalue weighted by atomic mass is 32.1. The van der Waals surface area contributed by atoms with Gasteiger partial charge in [0.1, 0.15) is 11.0 Å². The zero-order chi connectivity index (χ0) is 31.4. The molecule has 1 fully saturated rings. The number of carboxylic acid groups (broad SMARTS) is 1. The number of aromatic nitrogens is 1. The van der Waals surface area contributed by atoms with Crippen molar-refractivity contribution in [1.29, 1.82) is 0 Å². The van der Waals surface area contributed by atoms with Crippen LogP contribution in [-0.2, 0) is 19.1 Å². The number of hydrogen-bond donors (Lipinski definition) is 2. The second-order valence-corrected chi connectivity index (χ2v) is 12.5. The second-order valence-electron chi connectivity index (χ2n) is 11.6. The van der Waals surface area contributed by atoms with Crippen molar-refractivity contribution < 1.29 is 29.0 Å². The number of carbonyl (C=O) groups is 4. The number of terminal acetylenes is 1. The van der Waals surface area contributed by atoms with Crippen molar-refractivity contribution in [2.24, 2.45) is 11.8 Å². The first-order valence-corrected chi connectivity index (χ1v) is 15.9. The molecular weight excluding hydrogens is 556 g/mol. The van der Waals surface area contributed by atoms with E-state index >= 15 is 0 Å². The van der Waals surface area contributed by atoms with Crippen LogP contribution in [0.1, 0.15) is 108 Å². The van der Waals surface area contributed by atoms with Crippen molar-refractivity contribution >= 4 is 35.1 Å². The molecule has 0 saturated carbocycles. The normalized spacial score (nSPS) is 18.4. The van der Waals surface area contributed by atoms with Crippen LogP contribution in [0, 0.1) is 24.2 Å². The summed E-state index contributed by atoms with van der Waals surface area (Å²) in [4.78, 5) is 59.5. The second kappa shape index (κ2) is 17.2. The SMILES string of the molecule is C#CCCCCN(C(=O)[C@@H](NC(=O)C1CCCCN1C)[C@@H](C)CC)[C@H](C[C@@H](OC(C)=O)c1nc(C(=O)O)cs1)C(C)C. The van der Waals surface area contributed by atoms with Crippen LogP contribution in [0.3, 0.4) is 0 Å². The number of esters is 1. The maximum atomic E-state index is 14.4. The molecule has 2 heterocycles. The van der Waals surface area contributed by atoms with Crippen molar-refractivity contribution in [3.63, 3.8) is 0 Å². The number of amides is 2. The molecule has 1 aromatic heterocycles. The third kappa shape index (κ3) is 10.1. The van der Waals surface area contributed by atoms with E-state index in [4.69, 9.17) is 11.2 Å². The zero-order valence-corrected chi connectivity index (χ0v) is 26.7. The van der Waals surface area contributed by atoms with Gasteiger partial charge in [-0.05, 0) is 51.1 Å². The molecule has 0 bridgehead atoms. The third-order valence-electron chi connectivity index (χ3n) is 8.05. The molecule has 42 heavy (non-hydrogen) atoms. The molecule has 5 atom stereocenters. The van der Waals surface area contributed by atoms with Crippen LogP contribution in [0.25, 0.3) is 0 Å². The number of hydrogen-bond acceptors (Lipinski definition) is 8. The van der Waals surface area contributed by atoms with Gasteiger partial charge in [0, 0.05) is 37.7 Å². The lowest BCUT2D eigenvalue weighted by Crippen LogP contribution is -2.59. The number of nitrogens with zero attached hydrogens (tertiary/aromatic N) is 3. The maximum absolute atomic E-state index is 14.4. The van der Waals surface area contributed by atoms with Gasteiger partial charge in [-0.1, -0.05) is 40.5 Å². The van der Waals surface area contributed by atoms with E-state index in [2.05, 4.69) is 21.1 Å². The molecule has 2 N–H and O–H groups in total. The van der Waals surface area contributed by atoms with Crippen LogP contribution < -0.4 is 5.32 Å². The number of nitrogens with one attached hydrogen (secondary N) is 1. The first kappa shape index (κ1) is 35.2. The topological polar surface area (TPSA) is 129 Å². The van der Waals surface area contributed by atoms with Gasteiger partial charge >= 0.3 is 11.9 Å². The van der Waals surface area contributed by atoms with Gasteiger partial charge in [-0.25, -0.2) is 9.78 Å². The van der Waals surface area contributed by atoms with Crippen molar-refractivity contribution in [2.45, 2.75) is 110 Å². The van der Waals surface area contributed by atoms with Gasteiger partial charge in [0.25, 0.3) is 0 Å². The van der Waals surface area contributed by atoms with Crippen molar-refractivity contribution in [3.05, 3.63) is 16.1 Å². The minimum Gasteiger partial charge on any atom is -0.476 e. The van der Waals surface area contributed by atoms with E-state index < -0.39 is 24.1 Å². The summed E-state index contributed by atoms with van der Waals surface area (Å²) in [5.74, 6) is 0.487. The lowest BCUT2D eigenvalue weighted by molar-refractivity contribution is -0.149. The number of carbonyl (C=O) groups excluding carboxylic acids is 3. The number of piperidine rings is 1. The minimum absolute atomic E-state index is 0.0451. The van der Waals surface area contributed by atoms with Crippen molar-refractivity contribution in [2.75, 3.05) is 20.1 Å². The van der Waals surface area contributed by atoms with Crippen LogP contribution in [0.4, 0.5) is 0 Å². The van der Waals surface area contributed by atoms with E-state index in [9.17, 15) is 24.3 Å². The predicted molar refractivity (Wildman–Crippen MR) is 163 cm³/mol. The molecule has 0 aromatic carbocycles. The Balaban J connectivity index is 2.44. The number of carboxylic acids is 1. The molecule has 10 nitrogen and oxygen atoms in total. The van der Waals surface area contributed by atoms with Crippen LogP contribution in [0.2, 0.25) is 0 Å². The Bertz CT molecular complexity index is 1100. The molecule has 1 aliphatic heterocycles. The molecule has 0 aliphatic carbocycles. The Labute approximate surface area is 254 Å². The Hall–Kier alpha value is -2.97. The molecule has 1 aromatic rings. The third-order valence-corrected chi connectivity index (χ3v) is 8.99.